The molecule has 0 radical (unpaired) electrons. The second-order valence-corrected chi connectivity index (χ2v) is 9.95. The summed E-state index contributed by atoms with van der Waals surface area (Å²) in [5, 5.41) is 82.0. The van der Waals surface area contributed by atoms with Crippen molar-refractivity contribution in [3.05, 3.63) is 53.6 Å². The summed E-state index contributed by atoms with van der Waals surface area (Å²) in [7, 11) is 1.52. The highest BCUT2D eigenvalue weighted by Crippen LogP contribution is 2.35. The van der Waals surface area contributed by atoms with Gasteiger partial charge in [-0.25, -0.2) is 0 Å². The van der Waals surface area contributed by atoms with E-state index in [0.717, 1.165) is 18.2 Å². The van der Waals surface area contributed by atoms with Crippen LogP contribution in [-0.2, 0) is 14.2 Å². The third-order valence-electron chi connectivity index (χ3n) is 7.01. The first-order valence-corrected chi connectivity index (χ1v) is 13.0. The van der Waals surface area contributed by atoms with E-state index < -0.39 is 90.9 Å². The number of methoxy groups -OCH3 is 1. The molecule has 0 amide bonds. The van der Waals surface area contributed by atoms with E-state index >= 15 is 0 Å². The van der Waals surface area contributed by atoms with Crippen LogP contribution in [0.5, 0.6) is 23.0 Å². The van der Waals surface area contributed by atoms with Crippen LogP contribution in [0.3, 0.4) is 0 Å². The third kappa shape index (κ3) is 6.83. The fourth-order valence-corrected chi connectivity index (χ4v) is 4.50. The van der Waals surface area contributed by atoms with Gasteiger partial charge in [0.15, 0.2) is 12.1 Å². The molecule has 10 atom stereocenters. The lowest BCUT2D eigenvalue weighted by atomic mass is 9.98. The van der Waals surface area contributed by atoms with Gasteiger partial charge in [-0.2, -0.15) is 0 Å². The van der Waals surface area contributed by atoms with Gasteiger partial charge in [0.1, 0.15) is 71.3 Å². The molecule has 0 spiro atoms. The van der Waals surface area contributed by atoms with Crippen LogP contribution < -0.4 is 9.47 Å². The Kier molecular flexibility index (Phi) is 10.0. The van der Waals surface area contributed by atoms with Crippen molar-refractivity contribution in [1.29, 1.82) is 0 Å². The summed E-state index contributed by atoms with van der Waals surface area (Å²) in [6.07, 6.45) is -12.4. The van der Waals surface area contributed by atoms with Crippen LogP contribution in [0.15, 0.2) is 42.5 Å². The Morgan fingerprint density at radius 3 is 2.02 bits per heavy atom. The molecule has 0 bridgehead atoms. The van der Waals surface area contributed by atoms with Crippen LogP contribution in [0.25, 0.3) is 6.08 Å². The average Bonchev–Trinajstić information content (AvgIpc) is 2.96. The summed E-state index contributed by atoms with van der Waals surface area (Å²) in [4.78, 5) is 12.7. The minimum atomic E-state index is -1.79. The molecule has 14 heteroatoms. The number of aliphatic hydroxyl groups is 6. The van der Waals surface area contributed by atoms with Crippen molar-refractivity contribution >= 4 is 11.9 Å². The Morgan fingerprint density at radius 2 is 1.40 bits per heavy atom. The molecule has 4 rings (SSSR count). The summed E-state index contributed by atoms with van der Waals surface area (Å²) in [6.45, 7) is 0.944. The minimum Gasteiger partial charge on any atom is -0.507 e. The molecule has 2 aromatic carbocycles. The van der Waals surface area contributed by atoms with Crippen LogP contribution in [0.1, 0.15) is 22.8 Å². The third-order valence-corrected chi connectivity index (χ3v) is 7.01. The number of hydrogen-bond donors (Lipinski definition) is 8. The zero-order valence-corrected chi connectivity index (χ0v) is 22.6. The van der Waals surface area contributed by atoms with E-state index in [9.17, 15) is 45.6 Å². The smallest absolute Gasteiger partial charge is 0.229 e. The van der Waals surface area contributed by atoms with Gasteiger partial charge in [0.25, 0.3) is 0 Å². The summed E-state index contributed by atoms with van der Waals surface area (Å²) in [5.74, 6) is -1.61. The zero-order valence-electron chi connectivity index (χ0n) is 22.6. The highest BCUT2D eigenvalue weighted by atomic mass is 16.7. The predicted octanol–water partition coefficient (Wildman–Crippen LogP) is -0.967. The number of carbonyl (C=O) groups excluding carboxylic acids is 1. The molecule has 0 aliphatic carbocycles. The van der Waals surface area contributed by atoms with Crippen LogP contribution in [-0.4, -0.2) is 122 Å². The minimum absolute atomic E-state index is 0.245. The zero-order chi connectivity index (χ0) is 30.7. The lowest BCUT2D eigenvalue weighted by Crippen LogP contribution is -2.61. The molecule has 230 valence electrons. The van der Waals surface area contributed by atoms with Crippen molar-refractivity contribution in [2.24, 2.45) is 0 Å². The van der Waals surface area contributed by atoms with Crippen molar-refractivity contribution in [3.8, 4) is 23.0 Å². The Hall–Kier alpha value is -3.31. The molecule has 14 nitrogen and oxygen atoms in total. The van der Waals surface area contributed by atoms with Crippen LogP contribution >= 0.6 is 0 Å². The van der Waals surface area contributed by atoms with Gasteiger partial charge in [-0.15, -0.1) is 0 Å². The monoisotopic (exact) mass is 594 g/mol. The summed E-state index contributed by atoms with van der Waals surface area (Å²) < 4.78 is 26.9. The fraction of sp³-hybridized carbons (Fsp3) is 0.464. The number of carbonyl (C=O) groups is 1. The van der Waals surface area contributed by atoms with E-state index in [0.29, 0.717) is 11.3 Å². The molecule has 42 heavy (non-hydrogen) atoms. The average molecular weight is 595 g/mol. The van der Waals surface area contributed by atoms with Crippen molar-refractivity contribution in [2.45, 2.75) is 68.3 Å². The van der Waals surface area contributed by atoms with E-state index in [1.165, 1.54) is 20.1 Å². The number of rotatable bonds is 9. The fourth-order valence-electron chi connectivity index (χ4n) is 4.50. The number of phenolic OH excluding ortho intramolecular Hbond substituents is 2. The molecule has 0 saturated carbocycles. The molecule has 2 aliphatic rings. The normalized spacial score (nSPS) is 33.4. The van der Waals surface area contributed by atoms with Crippen molar-refractivity contribution < 1.29 is 69.3 Å². The maximum atomic E-state index is 12.7. The second kappa shape index (κ2) is 13.3. The van der Waals surface area contributed by atoms with Gasteiger partial charge >= 0.3 is 0 Å². The molecular formula is C28H34O14. The first-order chi connectivity index (χ1) is 19.9. The van der Waals surface area contributed by atoms with E-state index in [1.807, 2.05) is 0 Å². The number of hydrogen-bond acceptors (Lipinski definition) is 14. The number of allylic oxidation sites excluding steroid dienone is 1. The predicted molar refractivity (Wildman–Crippen MR) is 142 cm³/mol. The molecule has 2 aliphatic heterocycles. The molecule has 8 N–H and O–H groups in total. The van der Waals surface area contributed by atoms with Crippen molar-refractivity contribution in [1.82, 2.24) is 0 Å². The first kappa shape index (κ1) is 31.6. The number of aliphatic hydroxyl groups excluding tert-OH is 6. The van der Waals surface area contributed by atoms with E-state index in [-0.39, 0.29) is 5.75 Å². The first-order valence-electron chi connectivity index (χ1n) is 13.0. The molecule has 0 aromatic heterocycles. The Bertz CT molecular complexity index is 1230. The molecule has 2 fully saturated rings. The number of benzene rings is 2. The second-order valence-electron chi connectivity index (χ2n) is 9.95. The number of aromatic hydroxyl groups is 2. The molecule has 2 aromatic rings. The Balaban J connectivity index is 1.42. The highest BCUT2D eigenvalue weighted by Gasteiger charge is 2.47. The number of ether oxygens (including phenoxy) is 5. The quantitative estimate of drug-likeness (QED) is 0.129. The lowest BCUT2D eigenvalue weighted by Gasteiger charge is -2.42. The maximum absolute atomic E-state index is 12.7. The molecule has 2 saturated heterocycles. The lowest BCUT2D eigenvalue weighted by molar-refractivity contribution is -0.318. The Labute approximate surface area is 240 Å². The molecule has 0 unspecified atom stereocenters. The number of ketones is 1. The SMILES string of the molecule is COc1ccc(/C=C/C(=O)c2c(O)cc(O[C@@H]3O[C@H](CO[C@@H]4O[C@@H](C)[C@H](O)[C@@H](O)[C@H]4O)[C@@H](O)[C@H](O)[C@H]3O)cc2O)cc1. The van der Waals surface area contributed by atoms with Crippen LogP contribution in [0.2, 0.25) is 0 Å². The van der Waals surface area contributed by atoms with Gasteiger partial charge in [-0.3, -0.25) is 4.79 Å². The molecular weight excluding hydrogens is 560 g/mol. The van der Waals surface area contributed by atoms with Crippen LogP contribution in [0.4, 0.5) is 0 Å². The standard InChI is InChI=1S/C28H34O14/c1-12-21(32)23(34)25(36)27(40-12)39-11-19-22(33)24(35)26(37)28(42-19)41-15-9-17(30)20(18(31)10-15)16(29)8-5-13-3-6-14(38-2)7-4-13/h3-10,12,19,21-28,30-37H,11H2,1-2H3/b8-5+/t12-,19+,21-,22+,23+,24-,25+,26+,27+,28+/m0/s1. The van der Waals surface area contributed by atoms with E-state index in [1.54, 1.807) is 24.3 Å². The summed E-state index contributed by atoms with van der Waals surface area (Å²) >= 11 is 0. The van der Waals surface area contributed by atoms with Gasteiger partial charge in [0.2, 0.25) is 6.29 Å². The number of phenols is 2. The Morgan fingerprint density at radius 1 is 0.810 bits per heavy atom. The highest BCUT2D eigenvalue weighted by molar-refractivity contribution is 6.10. The summed E-state index contributed by atoms with van der Waals surface area (Å²) in [5.41, 5.74) is 0.255. The van der Waals surface area contributed by atoms with E-state index in [4.69, 9.17) is 23.7 Å². The topological polar surface area (TPSA) is 225 Å². The van der Waals surface area contributed by atoms with Crippen molar-refractivity contribution in [3.63, 3.8) is 0 Å². The van der Waals surface area contributed by atoms with Gasteiger partial charge < -0.3 is 64.5 Å². The van der Waals surface area contributed by atoms with Crippen LogP contribution in [0, 0.1) is 0 Å². The maximum Gasteiger partial charge on any atom is 0.229 e. The molecule has 2 heterocycles. The largest absolute Gasteiger partial charge is 0.507 e. The van der Waals surface area contributed by atoms with Gasteiger partial charge in [0.05, 0.1) is 19.8 Å². The van der Waals surface area contributed by atoms with Crippen molar-refractivity contribution in [2.75, 3.05) is 13.7 Å². The summed E-state index contributed by atoms with van der Waals surface area (Å²) in [6, 6.07) is 8.79. The van der Waals surface area contributed by atoms with Gasteiger partial charge in [-0.05, 0) is 30.7 Å². The van der Waals surface area contributed by atoms with Gasteiger partial charge in [-0.1, -0.05) is 18.2 Å². The van der Waals surface area contributed by atoms with Gasteiger partial charge in [0, 0.05) is 12.1 Å². The van der Waals surface area contributed by atoms with E-state index in [2.05, 4.69) is 0 Å².